The maximum absolute atomic E-state index is 12.5. The smallest absolute Gasteiger partial charge is 0.395 e. The van der Waals surface area contributed by atoms with E-state index in [9.17, 15) is 14.9 Å². The molecule has 5 rings (SSSR count). The van der Waals surface area contributed by atoms with Crippen LogP contribution in [-0.4, -0.2) is 11.1 Å². The Hall–Kier alpha value is -4.19. The van der Waals surface area contributed by atoms with Crippen molar-refractivity contribution in [1.29, 1.82) is 0 Å². The normalized spacial score (nSPS) is 12.1. The molecule has 0 saturated carbocycles. The van der Waals surface area contributed by atoms with E-state index in [1.165, 1.54) is 24.3 Å². The van der Waals surface area contributed by atoms with Crippen molar-refractivity contribution in [2.45, 2.75) is 6.42 Å². The summed E-state index contributed by atoms with van der Waals surface area (Å²) in [6.07, 6.45) is 4.00. The fourth-order valence-electron chi connectivity index (χ4n) is 3.85. The van der Waals surface area contributed by atoms with E-state index in [4.69, 9.17) is 9.47 Å². The highest BCUT2D eigenvalue weighted by Crippen LogP contribution is 2.39. The molecule has 1 aliphatic carbocycles. The van der Waals surface area contributed by atoms with Gasteiger partial charge in [0.05, 0.1) is 4.92 Å². The Morgan fingerprint density at radius 3 is 2.53 bits per heavy atom. The number of fused-ring (bicyclic) bond motifs is 5. The van der Waals surface area contributed by atoms with Crippen molar-refractivity contribution in [1.82, 2.24) is 0 Å². The summed E-state index contributed by atoms with van der Waals surface area (Å²) in [6.45, 7) is 0. The number of allylic oxidation sites excluding steroid dienone is 1. The Morgan fingerprint density at radius 1 is 0.933 bits per heavy atom. The topological polar surface area (TPSA) is 78.7 Å². The number of hydrogen-bond acceptors (Lipinski definition) is 5. The zero-order valence-corrected chi connectivity index (χ0v) is 15.7. The quantitative estimate of drug-likeness (QED) is 0.138. The zero-order chi connectivity index (χ0) is 20.7. The second kappa shape index (κ2) is 7.00. The number of benzene rings is 4. The fourth-order valence-corrected chi connectivity index (χ4v) is 3.85. The van der Waals surface area contributed by atoms with Gasteiger partial charge in [-0.3, -0.25) is 10.1 Å². The van der Waals surface area contributed by atoms with Crippen LogP contribution in [0.25, 0.3) is 27.6 Å². The lowest BCUT2D eigenvalue weighted by Gasteiger charge is -2.14. The second-order valence-electron chi connectivity index (χ2n) is 6.96. The lowest BCUT2D eigenvalue weighted by molar-refractivity contribution is -0.384. The average molecular weight is 397 g/mol. The van der Waals surface area contributed by atoms with Crippen LogP contribution >= 0.6 is 0 Å². The van der Waals surface area contributed by atoms with Gasteiger partial charge in [-0.05, 0) is 51.9 Å². The van der Waals surface area contributed by atoms with Gasteiger partial charge in [0, 0.05) is 17.5 Å². The molecule has 4 aromatic carbocycles. The minimum absolute atomic E-state index is 0.0840. The van der Waals surface area contributed by atoms with E-state index in [0.29, 0.717) is 5.75 Å². The van der Waals surface area contributed by atoms with Crippen LogP contribution in [0.2, 0.25) is 0 Å². The summed E-state index contributed by atoms with van der Waals surface area (Å²) in [6, 6.07) is 19.2. The third-order valence-electron chi connectivity index (χ3n) is 5.19. The van der Waals surface area contributed by atoms with Crippen molar-refractivity contribution < 1.29 is 19.2 Å². The fraction of sp³-hybridized carbons (Fsp3) is 0.0417. The molecule has 0 amide bonds. The molecule has 6 heteroatoms. The van der Waals surface area contributed by atoms with Crippen LogP contribution in [0, 0.1) is 10.1 Å². The van der Waals surface area contributed by atoms with Crippen molar-refractivity contribution in [2.75, 3.05) is 0 Å². The van der Waals surface area contributed by atoms with Crippen LogP contribution in [0.5, 0.6) is 11.5 Å². The summed E-state index contributed by atoms with van der Waals surface area (Å²) in [4.78, 5) is 22.7. The van der Waals surface area contributed by atoms with E-state index < -0.39 is 11.1 Å². The van der Waals surface area contributed by atoms with E-state index in [-0.39, 0.29) is 11.4 Å². The van der Waals surface area contributed by atoms with Gasteiger partial charge in [-0.25, -0.2) is 4.79 Å². The van der Waals surface area contributed by atoms with Crippen LogP contribution in [0.15, 0.2) is 72.8 Å². The van der Waals surface area contributed by atoms with Gasteiger partial charge in [0.25, 0.3) is 5.69 Å². The van der Waals surface area contributed by atoms with E-state index in [1.54, 1.807) is 0 Å². The predicted octanol–water partition coefficient (Wildman–Crippen LogP) is 6.05. The first-order valence-electron chi connectivity index (χ1n) is 9.38. The monoisotopic (exact) mass is 397 g/mol. The summed E-state index contributed by atoms with van der Waals surface area (Å²) < 4.78 is 10.9. The van der Waals surface area contributed by atoms with Gasteiger partial charge < -0.3 is 9.47 Å². The lowest BCUT2D eigenvalue weighted by Crippen LogP contribution is -2.14. The van der Waals surface area contributed by atoms with Crippen LogP contribution in [0.1, 0.15) is 11.1 Å². The number of nitro benzene ring substituents is 1. The molecule has 0 aromatic heterocycles. The van der Waals surface area contributed by atoms with E-state index >= 15 is 0 Å². The van der Waals surface area contributed by atoms with Gasteiger partial charge in [-0.2, -0.15) is 0 Å². The third kappa shape index (κ3) is 3.04. The Labute approximate surface area is 171 Å². The molecule has 0 radical (unpaired) electrons. The second-order valence-corrected chi connectivity index (χ2v) is 6.96. The van der Waals surface area contributed by atoms with Crippen molar-refractivity contribution in [3.8, 4) is 11.5 Å². The minimum atomic E-state index is -0.899. The molecule has 0 aliphatic heterocycles. The molecule has 0 fully saturated rings. The number of nitro groups is 1. The third-order valence-corrected chi connectivity index (χ3v) is 5.19. The average Bonchev–Trinajstić information content (AvgIpc) is 3.23. The molecular formula is C24H15NO5. The maximum atomic E-state index is 12.5. The molecule has 0 atom stereocenters. The summed E-state index contributed by atoms with van der Waals surface area (Å²) in [5, 5.41) is 14.7. The molecule has 4 aromatic rings. The molecule has 0 unspecified atom stereocenters. The van der Waals surface area contributed by atoms with Crippen molar-refractivity contribution in [2.24, 2.45) is 0 Å². The number of rotatable bonds is 3. The Morgan fingerprint density at radius 2 is 1.73 bits per heavy atom. The Kier molecular flexibility index (Phi) is 4.17. The highest BCUT2D eigenvalue weighted by Gasteiger charge is 2.19. The number of non-ortho nitro benzene ring substituents is 1. The van der Waals surface area contributed by atoms with E-state index in [0.717, 1.165) is 39.1 Å². The molecule has 1 aliphatic rings. The molecule has 0 bridgehead atoms. The van der Waals surface area contributed by atoms with Crippen LogP contribution in [0.4, 0.5) is 10.5 Å². The SMILES string of the molecule is O=C(Oc1ccc([N+](=O)[O-])cc1)Oc1cc2ccccc2c2ccc3c(c12)CC=C3. The Balaban J connectivity index is 1.53. The zero-order valence-electron chi connectivity index (χ0n) is 15.7. The molecule has 146 valence electrons. The summed E-state index contributed by atoms with van der Waals surface area (Å²) >= 11 is 0. The van der Waals surface area contributed by atoms with Gasteiger partial charge in [-0.1, -0.05) is 48.6 Å². The standard InChI is InChI=1S/C24H15NO5/c26-24(29-18-11-9-17(10-12-18)25(27)28)30-22-14-16-4-1-2-6-19(16)21-13-8-15-5-3-7-20(15)23(21)22/h1-6,8-14H,7H2. The van der Waals surface area contributed by atoms with Crippen LogP contribution < -0.4 is 9.47 Å². The lowest BCUT2D eigenvalue weighted by atomic mass is 9.95. The molecule has 6 nitrogen and oxygen atoms in total. The predicted molar refractivity (Wildman–Crippen MR) is 114 cm³/mol. The number of ether oxygens (including phenoxy) is 2. The van der Waals surface area contributed by atoms with Gasteiger partial charge in [-0.15, -0.1) is 0 Å². The van der Waals surface area contributed by atoms with Crippen LogP contribution in [0.3, 0.4) is 0 Å². The first-order valence-corrected chi connectivity index (χ1v) is 9.38. The van der Waals surface area contributed by atoms with Gasteiger partial charge in [0.2, 0.25) is 0 Å². The van der Waals surface area contributed by atoms with Gasteiger partial charge in [0.1, 0.15) is 11.5 Å². The molecule has 0 N–H and O–H groups in total. The largest absolute Gasteiger partial charge is 0.519 e. The van der Waals surface area contributed by atoms with E-state index in [2.05, 4.69) is 18.2 Å². The highest BCUT2D eigenvalue weighted by atomic mass is 16.7. The number of carbonyl (C=O) groups excluding carboxylic acids is 1. The Bertz CT molecular complexity index is 1360. The van der Waals surface area contributed by atoms with Crippen molar-refractivity contribution >= 4 is 39.5 Å². The first-order chi connectivity index (χ1) is 14.6. The van der Waals surface area contributed by atoms with Crippen molar-refractivity contribution in [3.63, 3.8) is 0 Å². The molecule has 30 heavy (non-hydrogen) atoms. The van der Waals surface area contributed by atoms with E-state index in [1.807, 2.05) is 36.4 Å². The van der Waals surface area contributed by atoms with Gasteiger partial charge >= 0.3 is 6.16 Å². The highest BCUT2D eigenvalue weighted by molar-refractivity contribution is 6.12. The number of hydrogen-bond donors (Lipinski definition) is 0. The molecular weight excluding hydrogens is 382 g/mol. The van der Waals surface area contributed by atoms with Crippen molar-refractivity contribution in [3.05, 3.63) is 94.0 Å². The number of carbonyl (C=O) groups is 1. The maximum Gasteiger partial charge on any atom is 0.519 e. The summed E-state index contributed by atoms with van der Waals surface area (Å²) in [5.41, 5.74) is 2.13. The minimum Gasteiger partial charge on any atom is -0.395 e. The molecule has 0 saturated heterocycles. The summed E-state index contributed by atoms with van der Waals surface area (Å²) in [5.74, 6) is 0.596. The molecule has 0 spiro atoms. The van der Waals surface area contributed by atoms with Crippen LogP contribution in [-0.2, 0) is 6.42 Å². The number of nitrogens with zero attached hydrogens (tertiary/aromatic N) is 1. The molecule has 0 heterocycles. The van der Waals surface area contributed by atoms with Gasteiger partial charge in [0.15, 0.2) is 0 Å². The summed E-state index contributed by atoms with van der Waals surface area (Å²) in [7, 11) is 0. The first kappa shape index (κ1) is 17.9.